The van der Waals surface area contributed by atoms with Gasteiger partial charge >= 0.3 is 126 Å². The Kier molecular flexibility index (Phi) is 4.75. The zero-order valence-electron chi connectivity index (χ0n) is 9.62. The fourth-order valence-corrected chi connectivity index (χ4v) is 2.70. The molecule has 1 aromatic heterocycles. The number of hydrogen-bond donors (Lipinski definition) is 4. The summed E-state index contributed by atoms with van der Waals surface area (Å²) in [7, 11) is 0. The van der Waals surface area contributed by atoms with Crippen LogP contribution in [0.3, 0.4) is 0 Å². The third-order valence-electron chi connectivity index (χ3n) is 2.95. The van der Waals surface area contributed by atoms with Crippen LogP contribution in [-0.4, -0.2) is 49.8 Å². The van der Waals surface area contributed by atoms with Gasteiger partial charge in [-0.1, -0.05) is 0 Å². The molecule has 4 atom stereocenters. The van der Waals surface area contributed by atoms with Crippen molar-refractivity contribution in [3.63, 3.8) is 0 Å². The van der Waals surface area contributed by atoms with Crippen LogP contribution >= 0.6 is 12.2 Å². The summed E-state index contributed by atoms with van der Waals surface area (Å²) in [5, 5.41) is 28.7. The Bertz CT molecular complexity index is 574. The molecule has 1 fully saturated rings. The molecule has 0 aromatic carbocycles. The Balaban J connectivity index is 2.43. The number of hydrogen-bond acceptors (Lipinski definition) is 6. The minimum atomic E-state index is -1.23. The molecule has 2 rings (SSSR count). The van der Waals surface area contributed by atoms with Crippen LogP contribution in [0.15, 0.2) is 11.0 Å². The average Bonchev–Trinajstić information content (AvgIpc) is 2.67. The van der Waals surface area contributed by atoms with Gasteiger partial charge in [0.25, 0.3) is 0 Å². The van der Waals surface area contributed by atoms with E-state index in [1.54, 1.807) is 0 Å². The first-order valence-corrected chi connectivity index (χ1v) is 7.41. The number of aliphatic hydroxyl groups is 3. The first-order valence-electron chi connectivity index (χ1n) is 5.47. The van der Waals surface area contributed by atoms with Crippen molar-refractivity contribution >= 4 is 12.2 Å². The van der Waals surface area contributed by atoms with Gasteiger partial charge in [-0.2, -0.15) is 0 Å². The first-order chi connectivity index (χ1) is 8.99. The molecule has 1 aromatic rings. The molecule has 7 nitrogen and oxygen atoms in total. The van der Waals surface area contributed by atoms with Gasteiger partial charge in [0.2, 0.25) is 0 Å². The van der Waals surface area contributed by atoms with E-state index in [1.165, 1.54) is 10.8 Å². The molecular formula is C10H13AuN2O5S. The van der Waals surface area contributed by atoms with E-state index in [0.717, 1.165) is 0 Å². The molecule has 0 spiro atoms. The number of aliphatic hydroxyl groups excluding tert-OH is 3. The van der Waals surface area contributed by atoms with Crippen molar-refractivity contribution < 1.29 is 41.1 Å². The van der Waals surface area contributed by atoms with Crippen molar-refractivity contribution in [1.29, 1.82) is 0 Å². The zero-order valence-corrected chi connectivity index (χ0v) is 12.6. The van der Waals surface area contributed by atoms with Crippen LogP contribution in [0, 0.1) is 4.77 Å². The molecule has 0 amide bonds. The fourth-order valence-electron chi connectivity index (χ4n) is 1.90. The van der Waals surface area contributed by atoms with Crippen LogP contribution in [-0.2, 0) is 30.4 Å². The number of aromatic nitrogens is 2. The van der Waals surface area contributed by atoms with Gasteiger partial charge in [-0.25, -0.2) is 0 Å². The maximum absolute atomic E-state index is 11.6. The number of rotatable bonds is 3. The number of nitrogens with zero attached hydrogens (tertiary/aromatic N) is 1. The zero-order chi connectivity index (χ0) is 14.2. The number of nitrogens with one attached hydrogen (secondary N) is 1. The Morgan fingerprint density at radius 2 is 2.16 bits per heavy atom. The van der Waals surface area contributed by atoms with Crippen molar-refractivity contribution in [2.24, 2.45) is 0 Å². The van der Waals surface area contributed by atoms with Crippen LogP contribution in [0.2, 0.25) is 0 Å². The summed E-state index contributed by atoms with van der Waals surface area (Å²) in [6.45, 7) is -0.413. The molecule has 4 N–H and O–H groups in total. The Morgan fingerprint density at radius 1 is 1.47 bits per heavy atom. The molecule has 110 valence electrons. The topological polar surface area (TPSA) is 108 Å². The summed E-state index contributed by atoms with van der Waals surface area (Å²) >= 11 is 7.23. The van der Waals surface area contributed by atoms with Gasteiger partial charge in [-0.15, -0.1) is 0 Å². The average molecular weight is 470 g/mol. The van der Waals surface area contributed by atoms with E-state index in [9.17, 15) is 15.0 Å². The monoisotopic (exact) mass is 470 g/mol. The molecular weight excluding hydrogens is 457 g/mol. The normalized spacial score (nSPS) is 30.8. The third-order valence-corrected chi connectivity index (χ3v) is 4.09. The fraction of sp³-hybridized carbons (Fsp3) is 0.600. The Labute approximate surface area is 125 Å². The summed E-state index contributed by atoms with van der Waals surface area (Å²) in [6.07, 6.45) is -2.76. The summed E-state index contributed by atoms with van der Waals surface area (Å²) < 4.78 is 7.27. The van der Waals surface area contributed by atoms with Crippen molar-refractivity contribution in [1.82, 2.24) is 9.55 Å². The van der Waals surface area contributed by atoms with Crippen molar-refractivity contribution in [3.05, 3.63) is 26.9 Å². The van der Waals surface area contributed by atoms with Crippen molar-refractivity contribution in [3.8, 4) is 0 Å². The van der Waals surface area contributed by atoms with Gasteiger partial charge in [0.15, 0.2) is 0 Å². The second kappa shape index (κ2) is 5.98. The molecule has 0 radical (unpaired) electrons. The molecule has 2 heterocycles. The van der Waals surface area contributed by atoms with Crippen molar-refractivity contribution in [2.45, 2.75) is 29.2 Å². The predicted molar refractivity (Wildman–Crippen MR) is 62.6 cm³/mol. The number of aromatic amines is 1. The summed E-state index contributed by atoms with van der Waals surface area (Å²) in [6, 6.07) is 0. The second-order valence-corrected chi connectivity index (χ2v) is 5.31. The second-order valence-electron chi connectivity index (χ2n) is 4.16. The van der Waals surface area contributed by atoms with E-state index in [0.29, 0.717) is 10.2 Å². The Hall–Kier alpha value is -0.320. The van der Waals surface area contributed by atoms with Gasteiger partial charge in [0, 0.05) is 0 Å². The maximum atomic E-state index is 11.6. The van der Waals surface area contributed by atoms with E-state index in [4.69, 9.17) is 22.1 Å². The molecule has 0 aliphatic carbocycles. The summed E-state index contributed by atoms with van der Waals surface area (Å²) in [5.41, 5.74) is 0.171. The minimum absolute atomic E-state index is 0.0883. The van der Waals surface area contributed by atoms with Crippen LogP contribution in [0.4, 0.5) is 0 Å². The SMILES string of the molecule is O=c1[nH]c(=S)n([C@@H]2O[C@H](CO)[C@@H](O)[C@H]2O)cc1[CH2][Au]. The summed E-state index contributed by atoms with van der Waals surface area (Å²) in [5.74, 6) is 0. The Morgan fingerprint density at radius 3 is 2.68 bits per heavy atom. The molecule has 1 saturated heterocycles. The van der Waals surface area contributed by atoms with Crippen LogP contribution in [0.25, 0.3) is 0 Å². The van der Waals surface area contributed by atoms with E-state index in [1.807, 2.05) is 0 Å². The number of ether oxygens (including phenoxy) is 1. The first kappa shape index (κ1) is 15.1. The van der Waals surface area contributed by atoms with E-state index in [-0.39, 0.29) is 10.3 Å². The van der Waals surface area contributed by atoms with Crippen LogP contribution < -0.4 is 5.56 Å². The number of H-pyrrole nitrogens is 1. The summed E-state index contributed by atoms with van der Waals surface area (Å²) in [4.78, 5) is 14.0. The van der Waals surface area contributed by atoms with Gasteiger partial charge in [0.05, 0.1) is 0 Å². The van der Waals surface area contributed by atoms with E-state index in [2.05, 4.69) is 26.1 Å². The molecule has 1 aliphatic heterocycles. The van der Waals surface area contributed by atoms with Gasteiger partial charge in [-0.05, 0) is 0 Å². The molecule has 9 heteroatoms. The standard InChI is InChI=1S/C10H13N2O5S.Au/c1-4-2-12(10(18)11-8(4)16)9-7(15)6(14)5(3-13)17-9;/h2,5-7,9,13-15H,1,3H2,(H,11,16,18);/t5-,6-,7-,9-;/m1./s1. The van der Waals surface area contributed by atoms with E-state index >= 15 is 0 Å². The quantitative estimate of drug-likeness (QED) is 0.319. The molecule has 0 unspecified atom stereocenters. The molecule has 0 bridgehead atoms. The van der Waals surface area contributed by atoms with Crippen LogP contribution in [0.5, 0.6) is 0 Å². The van der Waals surface area contributed by atoms with Crippen LogP contribution in [0.1, 0.15) is 11.8 Å². The van der Waals surface area contributed by atoms with Crippen molar-refractivity contribution in [2.75, 3.05) is 6.61 Å². The molecule has 19 heavy (non-hydrogen) atoms. The molecule has 0 saturated carbocycles. The van der Waals surface area contributed by atoms with Gasteiger partial charge < -0.3 is 0 Å². The van der Waals surface area contributed by atoms with E-state index < -0.39 is 31.1 Å². The third kappa shape index (κ3) is 2.76. The van der Waals surface area contributed by atoms with Gasteiger partial charge in [-0.3, -0.25) is 0 Å². The molecule has 1 aliphatic rings. The van der Waals surface area contributed by atoms with Gasteiger partial charge in [0.1, 0.15) is 0 Å². The predicted octanol–water partition coefficient (Wildman–Crippen LogP) is -1.44.